The molecule has 0 radical (unpaired) electrons. The van der Waals surface area contributed by atoms with Crippen LogP contribution in [0, 0.1) is 5.82 Å². The number of methoxy groups -OCH3 is 1. The molecule has 0 amide bonds. The highest BCUT2D eigenvalue weighted by molar-refractivity contribution is 8.93. The van der Waals surface area contributed by atoms with Gasteiger partial charge in [-0.1, -0.05) is 0 Å². The molecule has 5 nitrogen and oxygen atoms in total. The maximum atomic E-state index is 13.8. The number of hydrogen-bond donors (Lipinski definition) is 1. The number of ether oxygens (including phenoxy) is 3. The van der Waals surface area contributed by atoms with Crippen molar-refractivity contribution in [2.45, 2.75) is 0 Å². The summed E-state index contributed by atoms with van der Waals surface area (Å²) in [6.07, 6.45) is 0. The average molecular weight is 425 g/mol. The third-order valence-electron chi connectivity index (χ3n) is 3.58. The second-order valence-corrected chi connectivity index (χ2v) is 5.94. The van der Waals surface area contributed by atoms with Gasteiger partial charge in [0.25, 0.3) is 0 Å². The Morgan fingerprint density at radius 2 is 2.00 bits per heavy atom. The Morgan fingerprint density at radius 1 is 1.16 bits per heavy atom. The van der Waals surface area contributed by atoms with Gasteiger partial charge in [0.2, 0.25) is 6.79 Å². The Kier molecular flexibility index (Phi) is 5.10. The van der Waals surface area contributed by atoms with Crippen molar-refractivity contribution < 1.29 is 18.6 Å². The van der Waals surface area contributed by atoms with Crippen molar-refractivity contribution in [3.8, 4) is 28.5 Å². The topological polar surface area (TPSA) is 52.6 Å². The van der Waals surface area contributed by atoms with Crippen LogP contribution in [-0.4, -0.2) is 18.9 Å². The number of hydrogen-bond acceptors (Lipinski definition) is 6. The van der Waals surface area contributed by atoms with Gasteiger partial charge in [-0.3, -0.25) is 0 Å². The first-order chi connectivity index (χ1) is 11.7. The van der Waals surface area contributed by atoms with Crippen LogP contribution in [0.3, 0.4) is 0 Å². The van der Waals surface area contributed by atoms with Gasteiger partial charge in [-0.05, 0) is 30.3 Å². The smallest absolute Gasteiger partial charge is 0.231 e. The van der Waals surface area contributed by atoms with Crippen molar-refractivity contribution in [2.24, 2.45) is 0 Å². The van der Waals surface area contributed by atoms with Gasteiger partial charge in [-0.25, -0.2) is 9.37 Å². The van der Waals surface area contributed by atoms with Crippen LogP contribution in [0.2, 0.25) is 0 Å². The average Bonchev–Trinajstić information content (AvgIpc) is 3.23. The van der Waals surface area contributed by atoms with E-state index in [-0.39, 0.29) is 29.5 Å². The number of rotatable bonds is 4. The van der Waals surface area contributed by atoms with E-state index < -0.39 is 5.82 Å². The number of halogens is 2. The highest BCUT2D eigenvalue weighted by Gasteiger charge is 2.14. The lowest BCUT2D eigenvalue weighted by Crippen LogP contribution is -1.93. The van der Waals surface area contributed by atoms with Crippen LogP contribution in [-0.2, 0) is 0 Å². The first kappa shape index (κ1) is 17.5. The van der Waals surface area contributed by atoms with Gasteiger partial charge >= 0.3 is 0 Å². The first-order valence-corrected chi connectivity index (χ1v) is 8.07. The molecule has 1 N–H and O–H groups in total. The lowest BCUT2D eigenvalue weighted by molar-refractivity contribution is 0.174. The van der Waals surface area contributed by atoms with Gasteiger partial charge in [0.1, 0.15) is 0 Å². The molecule has 3 aromatic rings. The molecule has 0 atom stereocenters. The summed E-state index contributed by atoms with van der Waals surface area (Å²) in [5.41, 5.74) is 2.24. The molecule has 4 rings (SSSR count). The van der Waals surface area contributed by atoms with Crippen LogP contribution >= 0.6 is 28.3 Å². The van der Waals surface area contributed by atoms with E-state index in [4.69, 9.17) is 14.2 Å². The van der Waals surface area contributed by atoms with Crippen LogP contribution in [0.25, 0.3) is 11.3 Å². The minimum absolute atomic E-state index is 0. The standard InChI is InChI=1S/C17H13FN2O3S.BrH/c1-21-14-4-2-10(6-12(14)18)13-8-24-17(20-13)19-11-3-5-15-16(7-11)23-9-22-15;/h2-8H,9H2,1H3,(H,19,20);1H. The molecule has 1 aromatic heterocycles. The van der Waals surface area contributed by atoms with Gasteiger partial charge in [0.15, 0.2) is 28.2 Å². The van der Waals surface area contributed by atoms with Crippen LogP contribution in [0.5, 0.6) is 17.2 Å². The summed E-state index contributed by atoms with van der Waals surface area (Å²) in [5.74, 6) is 1.24. The highest BCUT2D eigenvalue weighted by atomic mass is 79.9. The zero-order valence-corrected chi connectivity index (χ0v) is 15.6. The van der Waals surface area contributed by atoms with Gasteiger partial charge in [0, 0.05) is 22.7 Å². The molecule has 1 aliphatic heterocycles. The number of aromatic nitrogens is 1. The van der Waals surface area contributed by atoms with E-state index in [1.807, 2.05) is 23.6 Å². The summed E-state index contributed by atoms with van der Waals surface area (Å²) in [5, 5.41) is 5.79. The molecule has 1 aliphatic rings. The second kappa shape index (κ2) is 7.28. The molecule has 0 saturated heterocycles. The number of thiazole rings is 1. The maximum absolute atomic E-state index is 13.8. The van der Waals surface area contributed by atoms with E-state index in [1.54, 1.807) is 12.1 Å². The fraction of sp³-hybridized carbons (Fsp3) is 0.118. The lowest BCUT2D eigenvalue weighted by Gasteiger charge is -2.04. The summed E-state index contributed by atoms with van der Waals surface area (Å²) >= 11 is 1.44. The normalized spacial score (nSPS) is 11.8. The first-order valence-electron chi connectivity index (χ1n) is 7.19. The Bertz CT molecular complexity index is 903. The number of fused-ring (bicyclic) bond motifs is 1. The minimum Gasteiger partial charge on any atom is -0.494 e. The Balaban J connectivity index is 0.00000182. The molecule has 2 aromatic carbocycles. The summed E-state index contributed by atoms with van der Waals surface area (Å²) < 4.78 is 29.4. The zero-order valence-electron chi connectivity index (χ0n) is 13.1. The zero-order chi connectivity index (χ0) is 16.5. The molecule has 0 aliphatic carbocycles. The minimum atomic E-state index is -0.409. The van der Waals surface area contributed by atoms with E-state index in [1.165, 1.54) is 24.5 Å². The second-order valence-electron chi connectivity index (χ2n) is 5.08. The lowest BCUT2D eigenvalue weighted by atomic mass is 10.1. The molecule has 0 fully saturated rings. The van der Waals surface area contributed by atoms with Crippen LogP contribution in [0.1, 0.15) is 0 Å². The molecule has 0 saturated carbocycles. The highest BCUT2D eigenvalue weighted by Crippen LogP contribution is 2.36. The van der Waals surface area contributed by atoms with Gasteiger partial charge in [-0.15, -0.1) is 28.3 Å². The van der Waals surface area contributed by atoms with Crippen molar-refractivity contribution in [3.05, 3.63) is 47.6 Å². The van der Waals surface area contributed by atoms with E-state index in [0.717, 1.165) is 11.4 Å². The number of nitrogens with zero attached hydrogens (tertiary/aromatic N) is 1. The van der Waals surface area contributed by atoms with Crippen molar-refractivity contribution in [2.75, 3.05) is 19.2 Å². The summed E-state index contributed by atoms with van der Waals surface area (Å²) in [4.78, 5) is 4.49. The van der Waals surface area contributed by atoms with Gasteiger partial charge in [0.05, 0.1) is 12.8 Å². The number of nitrogens with one attached hydrogen (secondary N) is 1. The van der Waals surface area contributed by atoms with Crippen LogP contribution < -0.4 is 19.5 Å². The van der Waals surface area contributed by atoms with Gasteiger partial charge < -0.3 is 19.5 Å². The molecule has 0 bridgehead atoms. The molecule has 130 valence electrons. The third-order valence-corrected chi connectivity index (χ3v) is 4.33. The monoisotopic (exact) mass is 424 g/mol. The summed E-state index contributed by atoms with van der Waals surface area (Å²) in [7, 11) is 1.44. The van der Waals surface area contributed by atoms with E-state index >= 15 is 0 Å². The van der Waals surface area contributed by atoms with Crippen molar-refractivity contribution >= 4 is 39.1 Å². The van der Waals surface area contributed by atoms with E-state index in [9.17, 15) is 4.39 Å². The van der Waals surface area contributed by atoms with Crippen molar-refractivity contribution in [1.29, 1.82) is 0 Å². The van der Waals surface area contributed by atoms with Gasteiger partial charge in [-0.2, -0.15) is 0 Å². The molecular formula is C17H14BrFN2O3S. The fourth-order valence-corrected chi connectivity index (χ4v) is 3.13. The Hall–Kier alpha value is -2.32. The maximum Gasteiger partial charge on any atom is 0.231 e. The van der Waals surface area contributed by atoms with Crippen molar-refractivity contribution in [3.63, 3.8) is 0 Å². The molecular weight excluding hydrogens is 411 g/mol. The molecule has 0 spiro atoms. The molecule has 8 heteroatoms. The van der Waals surface area contributed by atoms with E-state index in [2.05, 4.69) is 10.3 Å². The molecule has 2 heterocycles. The van der Waals surface area contributed by atoms with Crippen LogP contribution in [0.4, 0.5) is 15.2 Å². The summed E-state index contributed by atoms with van der Waals surface area (Å²) in [6.45, 7) is 0.239. The molecule has 0 unspecified atom stereocenters. The predicted octanol–water partition coefficient (Wildman–Crippen LogP) is 5.01. The quantitative estimate of drug-likeness (QED) is 0.637. The summed E-state index contributed by atoms with van der Waals surface area (Å²) in [6, 6.07) is 10.4. The van der Waals surface area contributed by atoms with E-state index in [0.29, 0.717) is 22.1 Å². The fourth-order valence-electron chi connectivity index (χ4n) is 2.39. The Morgan fingerprint density at radius 3 is 2.80 bits per heavy atom. The Labute approximate surface area is 158 Å². The predicted molar refractivity (Wildman–Crippen MR) is 100 cm³/mol. The third kappa shape index (κ3) is 3.54. The molecule has 25 heavy (non-hydrogen) atoms. The van der Waals surface area contributed by atoms with Crippen LogP contribution in [0.15, 0.2) is 41.8 Å². The van der Waals surface area contributed by atoms with Crippen molar-refractivity contribution in [1.82, 2.24) is 4.98 Å². The number of benzene rings is 2. The number of anilines is 2. The largest absolute Gasteiger partial charge is 0.494 e. The SMILES string of the molecule is Br.COc1ccc(-c2csc(Nc3ccc4c(c3)OCO4)n2)cc1F.